The van der Waals surface area contributed by atoms with Crippen LogP contribution in [0.4, 0.5) is 0 Å². The van der Waals surface area contributed by atoms with Gasteiger partial charge in [0.1, 0.15) is 6.10 Å². The largest absolute Gasteiger partial charge is 0.462 e. The summed E-state index contributed by atoms with van der Waals surface area (Å²) in [6, 6.07) is 0. The first-order valence-electron chi connectivity index (χ1n) is 8.56. The molecular weight excluding hydrogens is 250 g/mol. The number of esters is 1. The summed E-state index contributed by atoms with van der Waals surface area (Å²) in [5, 5.41) is 0. The van der Waals surface area contributed by atoms with E-state index in [1.165, 1.54) is 32.1 Å². The molecule has 1 aliphatic heterocycles. The van der Waals surface area contributed by atoms with Gasteiger partial charge in [-0.15, -0.1) is 0 Å². The van der Waals surface area contributed by atoms with E-state index >= 15 is 0 Å². The van der Waals surface area contributed by atoms with Crippen LogP contribution < -0.4 is 0 Å². The predicted octanol–water partition coefficient (Wildman–Crippen LogP) is 4.01. The van der Waals surface area contributed by atoms with Crippen molar-refractivity contribution < 1.29 is 9.53 Å². The number of hydrogen-bond acceptors (Lipinski definition) is 3. The molecular formula is C17H33NO2. The number of unbranched alkanes of at least 4 members (excludes halogenated alkanes) is 4. The van der Waals surface area contributed by atoms with Gasteiger partial charge in [-0.1, -0.05) is 39.5 Å². The van der Waals surface area contributed by atoms with E-state index in [0.717, 1.165) is 38.8 Å². The second kappa shape index (κ2) is 10.2. The molecule has 0 aromatic carbocycles. The van der Waals surface area contributed by atoms with Gasteiger partial charge in [0.2, 0.25) is 0 Å². The summed E-state index contributed by atoms with van der Waals surface area (Å²) in [6.07, 6.45) is 10.4. The molecule has 1 fully saturated rings. The standard InChI is InChI=1S/C17H33NO2/c1-4-6-7-8-9-10-16(5-2)20-17(19)15-11-13-18(3)14-12-15/h15-16H,4-14H2,1-3H3. The van der Waals surface area contributed by atoms with Crippen molar-refractivity contribution in [3.05, 3.63) is 0 Å². The maximum atomic E-state index is 12.2. The van der Waals surface area contributed by atoms with Crippen LogP contribution in [-0.4, -0.2) is 37.1 Å². The molecule has 0 N–H and O–H groups in total. The Labute approximate surface area is 125 Å². The SMILES string of the molecule is CCCCCCCC(CC)OC(=O)C1CCN(C)CC1. The van der Waals surface area contributed by atoms with Crippen LogP contribution in [0.1, 0.15) is 71.6 Å². The fourth-order valence-corrected chi connectivity index (χ4v) is 2.83. The fourth-order valence-electron chi connectivity index (χ4n) is 2.83. The van der Waals surface area contributed by atoms with Crippen LogP contribution in [0, 0.1) is 5.92 Å². The molecule has 1 rings (SSSR count). The number of carbonyl (C=O) groups excluding carboxylic acids is 1. The fraction of sp³-hybridized carbons (Fsp3) is 0.941. The molecule has 1 atom stereocenters. The quantitative estimate of drug-likeness (QED) is 0.473. The van der Waals surface area contributed by atoms with Crippen LogP contribution >= 0.6 is 0 Å². The number of rotatable bonds is 9. The minimum absolute atomic E-state index is 0.0542. The molecule has 0 aromatic heterocycles. The Morgan fingerprint density at radius 3 is 2.40 bits per heavy atom. The number of piperidine rings is 1. The van der Waals surface area contributed by atoms with Crippen LogP contribution in [-0.2, 0) is 9.53 Å². The molecule has 0 aromatic rings. The third kappa shape index (κ3) is 6.74. The molecule has 1 saturated heterocycles. The van der Waals surface area contributed by atoms with Gasteiger partial charge in [-0.25, -0.2) is 0 Å². The second-order valence-corrected chi connectivity index (χ2v) is 6.25. The van der Waals surface area contributed by atoms with Crippen molar-refractivity contribution >= 4 is 5.97 Å². The number of nitrogens with zero attached hydrogens (tertiary/aromatic N) is 1. The molecule has 1 aliphatic rings. The van der Waals surface area contributed by atoms with E-state index in [1.807, 2.05) is 0 Å². The lowest BCUT2D eigenvalue weighted by Crippen LogP contribution is -2.35. The van der Waals surface area contributed by atoms with Crippen molar-refractivity contribution in [1.82, 2.24) is 4.90 Å². The summed E-state index contributed by atoms with van der Waals surface area (Å²) >= 11 is 0. The van der Waals surface area contributed by atoms with E-state index in [4.69, 9.17) is 4.74 Å². The first-order valence-corrected chi connectivity index (χ1v) is 8.56. The maximum absolute atomic E-state index is 12.2. The molecule has 0 bridgehead atoms. The number of likely N-dealkylation sites (tertiary alicyclic amines) is 1. The Kier molecular flexibility index (Phi) is 8.92. The number of hydrogen-bond donors (Lipinski definition) is 0. The van der Waals surface area contributed by atoms with E-state index < -0.39 is 0 Å². The lowest BCUT2D eigenvalue weighted by Gasteiger charge is -2.28. The summed E-state index contributed by atoms with van der Waals surface area (Å²) < 4.78 is 5.72. The molecule has 20 heavy (non-hydrogen) atoms. The molecule has 3 heteroatoms. The van der Waals surface area contributed by atoms with Gasteiger partial charge >= 0.3 is 5.97 Å². The molecule has 1 unspecified atom stereocenters. The van der Waals surface area contributed by atoms with Crippen LogP contribution in [0.5, 0.6) is 0 Å². The van der Waals surface area contributed by atoms with Gasteiger partial charge in [0.05, 0.1) is 5.92 Å². The summed E-state index contributed by atoms with van der Waals surface area (Å²) in [5.74, 6) is 0.193. The highest BCUT2D eigenvalue weighted by Gasteiger charge is 2.26. The maximum Gasteiger partial charge on any atom is 0.309 e. The minimum atomic E-state index is 0.0542. The summed E-state index contributed by atoms with van der Waals surface area (Å²) in [4.78, 5) is 14.5. The van der Waals surface area contributed by atoms with Crippen molar-refractivity contribution in [3.8, 4) is 0 Å². The Hall–Kier alpha value is -0.570. The Balaban J connectivity index is 2.20. The van der Waals surface area contributed by atoms with Gasteiger partial charge in [0, 0.05) is 0 Å². The van der Waals surface area contributed by atoms with Gasteiger partial charge in [0.25, 0.3) is 0 Å². The number of carbonyl (C=O) groups is 1. The average Bonchev–Trinajstić information content (AvgIpc) is 2.46. The van der Waals surface area contributed by atoms with E-state index in [9.17, 15) is 4.79 Å². The van der Waals surface area contributed by atoms with Crippen molar-refractivity contribution in [2.45, 2.75) is 77.7 Å². The van der Waals surface area contributed by atoms with Crippen molar-refractivity contribution in [2.75, 3.05) is 20.1 Å². The van der Waals surface area contributed by atoms with Crippen molar-refractivity contribution in [2.24, 2.45) is 5.92 Å². The van der Waals surface area contributed by atoms with E-state index in [1.54, 1.807) is 0 Å². The molecule has 0 amide bonds. The predicted molar refractivity (Wildman–Crippen MR) is 83.8 cm³/mol. The van der Waals surface area contributed by atoms with Crippen LogP contribution in [0.2, 0.25) is 0 Å². The van der Waals surface area contributed by atoms with E-state index in [-0.39, 0.29) is 18.0 Å². The molecule has 1 heterocycles. The highest BCUT2D eigenvalue weighted by atomic mass is 16.5. The second-order valence-electron chi connectivity index (χ2n) is 6.25. The Bertz CT molecular complexity index is 260. The molecule has 0 aliphatic carbocycles. The monoisotopic (exact) mass is 283 g/mol. The summed E-state index contributed by atoms with van der Waals surface area (Å²) in [7, 11) is 2.12. The molecule has 118 valence electrons. The number of ether oxygens (including phenoxy) is 1. The van der Waals surface area contributed by atoms with Crippen molar-refractivity contribution in [3.63, 3.8) is 0 Å². The first kappa shape index (κ1) is 17.5. The zero-order valence-electron chi connectivity index (χ0n) is 13.7. The minimum Gasteiger partial charge on any atom is -0.462 e. The summed E-state index contributed by atoms with van der Waals surface area (Å²) in [5.41, 5.74) is 0. The van der Waals surface area contributed by atoms with Gasteiger partial charge in [-0.3, -0.25) is 4.79 Å². The highest BCUT2D eigenvalue weighted by Crippen LogP contribution is 2.20. The lowest BCUT2D eigenvalue weighted by atomic mass is 9.97. The van der Waals surface area contributed by atoms with Gasteiger partial charge in [-0.05, 0) is 52.2 Å². The highest BCUT2D eigenvalue weighted by molar-refractivity contribution is 5.72. The van der Waals surface area contributed by atoms with Crippen LogP contribution in [0.3, 0.4) is 0 Å². The van der Waals surface area contributed by atoms with E-state index in [2.05, 4.69) is 25.8 Å². The van der Waals surface area contributed by atoms with E-state index in [0.29, 0.717) is 0 Å². The van der Waals surface area contributed by atoms with Crippen molar-refractivity contribution in [1.29, 1.82) is 0 Å². The zero-order chi connectivity index (χ0) is 14.8. The normalized spacial score (nSPS) is 18.9. The zero-order valence-corrected chi connectivity index (χ0v) is 13.7. The third-order valence-electron chi connectivity index (χ3n) is 4.42. The van der Waals surface area contributed by atoms with Crippen LogP contribution in [0.25, 0.3) is 0 Å². The molecule has 0 radical (unpaired) electrons. The topological polar surface area (TPSA) is 29.5 Å². The van der Waals surface area contributed by atoms with Gasteiger partial charge < -0.3 is 9.64 Å². The Morgan fingerprint density at radius 1 is 1.15 bits per heavy atom. The molecule has 0 saturated carbocycles. The molecule has 3 nitrogen and oxygen atoms in total. The third-order valence-corrected chi connectivity index (χ3v) is 4.42. The summed E-state index contributed by atoms with van der Waals surface area (Å²) in [6.45, 7) is 6.40. The van der Waals surface area contributed by atoms with Crippen LogP contribution in [0.15, 0.2) is 0 Å². The first-order chi connectivity index (χ1) is 9.67. The smallest absolute Gasteiger partial charge is 0.309 e. The molecule has 0 spiro atoms. The average molecular weight is 283 g/mol. The Morgan fingerprint density at radius 2 is 1.80 bits per heavy atom. The lowest BCUT2D eigenvalue weighted by molar-refractivity contribution is -0.156. The van der Waals surface area contributed by atoms with Gasteiger partial charge in [0.15, 0.2) is 0 Å². The van der Waals surface area contributed by atoms with Gasteiger partial charge in [-0.2, -0.15) is 0 Å².